The molecular formula is C12H16ClN3S. The average molecular weight is 270 g/mol. The highest BCUT2D eigenvalue weighted by atomic mass is 35.5. The number of nitrogens with zero attached hydrogens (tertiary/aromatic N) is 3. The van der Waals surface area contributed by atoms with Crippen LogP contribution in [0.15, 0.2) is 0 Å². The third kappa shape index (κ3) is 1.76. The molecule has 0 N–H and O–H groups in total. The van der Waals surface area contributed by atoms with Gasteiger partial charge in [0.15, 0.2) is 0 Å². The first-order valence-electron chi connectivity index (χ1n) is 6.57. The Kier molecular flexibility index (Phi) is 2.37. The summed E-state index contributed by atoms with van der Waals surface area (Å²) in [6.45, 7) is 0. The fourth-order valence-corrected chi connectivity index (χ4v) is 4.56. The Morgan fingerprint density at radius 2 is 1.82 bits per heavy atom. The highest BCUT2D eigenvalue weighted by molar-refractivity contribution is 7.09. The summed E-state index contributed by atoms with van der Waals surface area (Å²) in [6, 6.07) is 1.24. The SMILES string of the molecule is ClC1CC2CCC(C1)N2c1nc(C2CC2)ns1. The molecule has 0 radical (unpaired) electrons. The number of rotatable bonds is 2. The van der Waals surface area contributed by atoms with Gasteiger partial charge in [-0.05, 0) is 38.5 Å². The maximum atomic E-state index is 6.31. The third-order valence-electron chi connectivity index (χ3n) is 4.27. The van der Waals surface area contributed by atoms with E-state index in [1.54, 1.807) is 11.5 Å². The van der Waals surface area contributed by atoms with Gasteiger partial charge in [-0.15, -0.1) is 11.6 Å². The van der Waals surface area contributed by atoms with E-state index in [-0.39, 0.29) is 0 Å². The van der Waals surface area contributed by atoms with E-state index in [1.807, 2.05) is 0 Å². The lowest BCUT2D eigenvalue weighted by Crippen LogP contribution is -2.43. The molecule has 2 unspecified atom stereocenters. The standard InChI is InChI=1S/C12H16ClN3S/c13-8-5-9-3-4-10(6-8)16(9)12-14-11(15-17-12)7-1-2-7/h7-10H,1-6H2. The monoisotopic (exact) mass is 269 g/mol. The molecule has 2 atom stereocenters. The van der Waals surface area contributed by atoms with Gasteiger partial charge in [0.1, 0.15) is 5.82 Å². The first-order chi connectivity index (χ1) is 8.31. The summed E-state index contributed by atoms with van der Waals surface area (Å²) in [4.78, 5) is 7.27. The minimum absolute atomic E-state index is 0.375. The molecule has 1 saturated carbocycles. The number of fused-ring (bicyclic) bond motifs is 2. The van der Waals surface area contributed by atoms with Crippen LogP contribution in [0.5, 0.6) is 0 Å². The molecule has 1 aliphatic carbocycles. The van der Waals surface area contributed by atoms with Crippen molar-refractivity contribution in [2.45, 2.75) is 61.9 Å². The van der Waals surface area contributed by atoms with E-state index >= 15 is 0 Å². The maximum absolute atomic E-state index is 6.31. The number of hydrogen-bond donors (Lipinski definition) is 0. The van der Waals surface area contributed by atoms with E-state index in [1.165, 1.54) is 25.7 Å². The van der Waals surface area contributed by atoms with Crippen molar-refractivity contribution in [2.24, 2.45) is 0 Å². The Labute approximate surface area is 110 Å². The zero-order chi connectivity index (χ0) is 11.4. The third-order valence-corrected chi connectivity index (χ3v) is 5.37. The molecule has 0 aromatic carbocycles. The van der Waals surface area contributed by atoms with E-state index in [0.717, 1.165) is 23.8 Å². The molecule has 92 valence electrons. The van der Waals surface area contributed by atoms with Crippen LogP contribution < -0.4 is 4.90 Å². The lowest BCUT2D eigenvalue weighted by molar-refractivity contribution is 0.473. The number of piperidine rings is 1. The Bertz CT molecular complexity index is 417. The van der Waals surface area contributed by atoms with Crippen molar-refractivity contribution in [2.75, 3.05) is 4.90 Å². The number of halogens is 1. The largest absolute Gasteiger partial charge is 0.341 e. The van der Waals surface area contributed by atoms with Crippen LogP contribution in [0.4, 0.5) is 5.13 Å². The molecule has 0 spiro atoms. The molecule has 2 bridgehead atoms. The van der Waals surface area contributed by atoms with Crippen LogP contribution in [0.2, 0.25) is 0 Å². The minimum Gasteiger partial charge on any atom is -0.341 e. The first-order valence-corrected chi connectivity index (χ1v) is 7.78. The van der Waals surface area contributed by atoms with Crippen molar-refractivity contribution >= 4 is 28.3 Å². The van der Waals surface area contributed by atoms with Gasteiger partial charge in [-0.3, -0.25) is 0 Å². The molecule has 1 aromatic rings. The highest BCUT2D eigenvalue weighted by Crippen LogP contribution is 2.44. The molecule has 3 aliphatic rings. The molecule has 4 rings (SSSR count). The van der Waals surface area contributed by atoms with Gasteiger partial charge < -0.3 is 4.90 Å². The Morgan fingerprint density at radius 1 is 1.12 bits per heavy atom. The molecule has 2 saturated heterocycles. The summed E-state index contributed by atoms with van der Waals surface area (Å²) < 4.78 is 4.52. The van der Waals surface area contributed by atoms with Crippen LogP contribution in [0.25, 0.3) is 0 Å². The van der Waals surface area contributed by atoms with Gasteiger partial charge in [0.25, 0.3) is 0 Å². The van der Waals surface area contributed by atoms with Crippen LogP contribution >= 0.6 is 23.1 Å². The zero-order valence-corrected chi connectivity index (χ0v) is 11.3. The van der Waals surface area contributed by atoms with Crippen molar-refractivity contribution in [3.63, 3.8) is 0 Å². The minimum atomic E-state index is 0.375. The highest BCUT2D eigenvalue weighted by Gasteiger charge is 2.42. The van der Waals surface area contributed by atoms with Gasteiger partial charge in [-0.2, -0.15) is 4.37 Å². The summed E-state index contributed by atoms with van der Waals surface area (Å²) >= 11 is 7.90. The van der Waals surface area contributed by atoms with E-state index in [0.29, 0.717) is 23.4 Å². The second-order valence-electron chi connectivity index (χ2n) is 5.57. The molecule has 3 nitrogen and oxygen atoms in total. The van der Waals surface area contributed by atoms with Gasteiger partial charge in [0.2, 0.25) is 5.13 Å². The Hall–Kier alpha value is -0.350. The quantitative estimate of drug-likeness (QED) is 0.773. The van der Waals surface area contributed by atoms with Gasteiger partial charge in [-0.25, -0.2) is 4.98 Å². The predicted molar refractivity (Wildman–Crippen MR) is 70.0 cm³/mol. The fourth-order valence-electron chi connectivity index (χ4n) is 3.26. The number of aromatic nitrogens is 2. The van der Waals surface area contributed by atoms with Crippen LogP contribution in [-0.4, -0.2) is 26.8 Å². The predicted octanol–water partition coefficient (Wildman–Crippen LogP) is 3.15. The molecule has 3 heterocycles. The Morgan fingerprint density at radius 3 is 2.47 bits per heavy atom. The number of alkyl halides is 1. The molecule has 5 heteroatoms. The number of anilines is 1. The second-order valence-corrected chi connectivity index (χ2v) is 6.92. The van der Waals surface area contributed by atoms with Crippen LogP contribution in [0.3, 0.4) is 0 Å². The van der Waals surface area contributed by atoms with Crippen LogP contribution in [-0.2, 0) is 0 Å². The van der Waals surface area contributed by atoms with Crippen LogP contribution in [0, 0.1) is 0 Å². The molecule has 0 amide bonds. The van der Waals surface area contributed by atoms with E-state index < -0.39 is 0 Å². The Balaban J connectivity index is 1.61. The van der Waals surface area contributed by atoms with Crippen molar-refractivity contribution in [1.82, 2.24) is 9.36 Å². The molecule has 2 aliphatic heterocycles. The van der Waals surface area contributed by atoms with E-state index in [4.69, 9.17) is 16.6 Å². The molecule has 17 heavy (non-hydrogen) atoms. The summed E-state index contributed by atoms with van der Waals surface area (Å²) in [7, 11) is 0. The van der Waals surface area contributed by atoms with Crippen LogP contribution in [0.1, 0.15) is 50.3 Å². The lowest BCUT2D eigenvalue weighted by atomic mass is 10.0. The topological polar surface area (TPSA) is 29.0 Å². The van der Waals surface area contributed by atoms with E-state index in [2.05, 4.69) is 9.27 Å². The van der Waals surface area contributed by atoms with Crippen molar-refractivity contribution in [3.8, 4) is 0 Å². The normalized spacial score (nSPS) is 36.5. The van der Waals surface area contributed by atoms with Crippen molar-refractivity contribution in [3.05, 3.63) is 5.82 Å². The van der Waals surface area contributed by atoms with Crippen molar-refractivity contribution in [1.29, 1.82) is 0 Å². The molecule has 3 fully saturated rings. The summed E-state index contributed by atoms with van der Waals surface area (Å²) in [5.74, 6) is 1.76. The smallest absolute Gasteiger partial charge is 0.205 e. The maximum Gasteiger partial charge on any atom is 0.205 e. The van der Waals surface area contributed by atoms with Gasteiger partial charge in [-0.1, -0.05) is 0 Å². The average Bonchev–Trinajstić information content (AvgIpc) is 2.98. The van der Waals surface area contributed by atoms with E-state index in [9.17, 15) is 0 Å². The van der Waals surface area contributed by atoms with Crippen molar-refractivity contribution < 1.29 is 0 Å². The fraction of sp³-hybridized carbons (Fsp3) is 0.833. The summed E-state index contributed by atoms with van der Waals surface area (Å²) in [5.41, 5.74) is 0. The summed E-state index contributed by atoms with van der Waals surface area (Å²) in [5, 5.41) is 1.53. The molecular weight excluding hydrogens is 254 g/mol. The second kappa shape index (κ2) is 3.82. The number of hydrogen-bond acceptors (Lipinski definition) is 4. The molecule has 1 aromatic heterocycles. The van der Waals surface area contributed by atoms with Gasteiger partial charge in [0, 0.05) is 34.9 Å². The first kappa shape index (κ1) is 10.6. The lowest BCUT2D eigenvalue weighted by Gasteiger charge is -2.36. The summed E-state index contributed by atoms with van der Waals surface area (Å²) in [6.07, 6.45) is 7.38. The van der Waals surface area contributed by atoms with Gasteiger partial charge in [0.05, 0.1) is 0 Å². The zero-order valence-electron chi connectivity index (χ0n) is 9.68. The van der Waals surface area contributed by atoms with Gasteiger partial charge >= 0.3 is 0 Å².